The van der Waals surface area contributed by atoms with Gasteiger partial charge in [0.15, 0.2) is 5.78 Å². The van der Waals surface area contributed by atoms with E-state index < -0.39 is 5.60 Å². The smallest absolute Gasteiger partial charge is 0.157 e. The number of hydrogen-bond acceptors (Lipinski definition) is 5. The largest absolute Gasteiger partial charge is 0.390 e. The lowest BCUT2D eigenvalue weighted by atomic mass is 9.43. The number of carbonyl (C=O) groups excluding carboxylic acids is 1. The third kappa shape index (κ3) is 3.77. The molecule has 1 aromatic heterocycles. The Morgan fingerprint density at radius 1 is 1.14 bits per heavy atom. The molecule has 0 radical (unpaired) electrons. The highest BCUT2D eigenvalue weighted by Crippen LogP contribution is 2.68. The lowest BCUT2D eigenvalue weighted by molar-refractivity contribution is -0.175. The number of aliphatic hydroxyl groups is 1. The quantitative estimate of drug-likeness (QED) is 0.555. The van der Waals surface area contributed by atoms with E-state index in [4.69, 9.17) is 16.3 Å². The van der Waals surface area contributed by atoms with Gasteiger partial charge in [-0.2, -0.15) is 0 Å². The van der Waals surface area contributed by atoms with E-state index in [0.717, 1.165) is 56.2 Å². The minimum atomic E-state index is -0.542. The number of methoxy groups -OCH3 is 1. The average molecular weight is 514 g/mol. The van der Waals surface area contributed by atoms with E-state index in [1.54, 1.807) is 10.7 Å². The van der Waals surface area contributed by atoms with Gasteiger partial charge in [0.05, 0.1) is 17.7 Å². The first kappa shape index (κ1) is 24.8. The standard InChI is InChI=1S/C29H40ClN3O3/c1-27(35)12-13-29(17-36-3)18(15-27)4-6-20-21-7-8-23(28(21,2)11-10-22(20)29)26(34)16-33-25-9-5-19(30)14-24(25)31-32-33/h5,9,14,18,20-23,35H,4,6-8,10-13,15-17H2,1-3H3/t18-,20+,21+,22+,23-,27-,28+,29-/m1/s1. The Bertz CT molecular complexity index is 1160. The summed E-state index contributed by atoms with van der Waals surface area (Å²) in [5, 5.41) is 20.0. The van der Waals surface area contributed by atoms with Gasteiger partial charge in [0.1, 0.15) is 12.1 Å². The van der Waals surface area contributed by atoms with Crippen molar-refractivity contribution in [2.45, 2.75) is 83.8 Å². The Morgan fingerprint density at radius 3 is 2.78 bits per heavy atom. The van der Waals surface area contributed by atoms with E-state index in [0.29, 0.717) is 34.5 Å². The van der Waals surface area contributed by atoms with Crippen molar-refractivity contribution in [3.05, 3.63) is 23.2 Å². The van der Waals surface area contributed by atoms with Crippen molar-refractivity contribution in [1.29, 1.82) is 0 Å². The molecule has 0 amide bonds. The summed E-state index contributed by atoms with van der Waals surface area (Å²) >= 11 is 6.11. The van der Waals surface area contributed by atoms with Gasteiger partial charge >= 0.3 is 0 Å². The first-order chi connectivity index (χ1) is 17.2. The summed E-state index contributed by atoms with van der Waals surface area (Å²) in [7, 11) is 1.85. The summed E-state index contributed by atoms with van der Waals surface area (Å²) in [6.07, 6.45) is 9.66. The van der Waals surface area contributed by atoms with Crippen molar-refractivity contribution in [3.8, 4) is 0 Å². The van der Waals surface area contributed by atoms with Crippen LogP contribution in [-0.4, -0.2) is 45.2 Å². The van der Waals surface area contributed by atoms with Crippen LogP contribution in [0.4, 0.5) is 0 Å². The van der Waals surface area contributed by atoms with Crippen molar-refractivity contribution in [2.24, 2.45) is 40.4 Å². The lowest BCUT2D eigenvalue weighted by Crippen LogP contribution is -2.58. The molecular weight excluding hydrogens is 474 g/mol. The minimum absolute atomic E-state index is 0.0548. The van der Waals surface area contributed by atoms with Crippen LogP contribution in [0.3, 0.4) is 0 Å². The Kier molecular flexibility index (Phi) is 6.05. The van der Waals surface area contributed by atoms with Crippen LogP contribution in [0, 0.1) is 40.4 Å². The number of ether oxygens (including phenoxy) is 1. The van der Waals surface area contributed by atoms with E-state index in [9.17, 15) is 9.90 Å². The van der Waals surface area contributed by atoms with Gasteiger partial charge in [-0.15, -0.1) is 5.10 Å². The maximum Gasteiger partial charge on any atom is 0.157 e. The van der Waals surface area contributed by atoms with Crippen LogP contribution < -0.4 is 0 Å². The zero-order valence-electron chi connectivity index (χ0n) is 21.9. The summed E-state index contributed by atoms with van der Waals surface area (Å²) in [6, 6.07) is 5.54. The third-order valence-corrected chi connectivity index (χ3v) is 11.5. The molecule has 0 spiro atoms. The highest BCUT2D eigenvalue weighted by Gasteiger charge is 2.63. The zero-order valence-corrected chi connectivity index (χ0v) is 22.6. The monoisotopic (exact) mass is 513 g/mol. The Hall–Kier alpha value is -1.50. The van der Waals surface area contributed by atoms with Gasteiger partial charge in [0, 0.05) is 18.1 Å². The first-order valence-corrected chi connectivity index (χ1v) is 14.3. The molecule has 6 nitrogen and oxygen atoms in total. The summed E-state index contributed by atoms with van der Waals surface area (Å²) in [4.78, 5) is 13.7. The van der Waals surface area contributed by atoms with Crippen molar-refractivity contribution in [1.82, 2.24) is 15.0 Å². The van der Waals surface area contributed by atoms with Crippen LogP contribution in [0.2, 0.25) is 5.02 Å². The van der Waals surface area contributed by atoms with Gasteiger partial charge in [0.25, 0.3) is 0 Å². The van der Waals surface area contributed by atoms with E-state index in [1.807, 2.05) is 26.2 Å². The highest BCUT2D eigenvalue weighted by molar-refractivity contribution is 6.31. The molecule has 4 fully saturated rings. The number of nitrogens with zero attached hydrogens (tertiary/aromatic N) is 3. The summed E-state index contributed by atoms with van der Waals surface area (Å²) in [5.41, 5.74) is 1.30. The first-order valence-electron chi connectivity index (χ1n) is 13.9. The Balaban J connectivity index is 1.23. The number of Topliss-reactive ketones (excluding diaryl/α,β-unsaturated/α-hetero) is 1. The minimum Gasteiger partial charge on any atom is -0.390 e. The molecule has 0 unspecified atom stereocenters. The van der Waals surface area contributed by atoms with Crippen molar-refractivity contribution in [2.75, 3.05) is 13.7 Å². The average Bonchev–Trinajstić information content (AvgIpc) is 3.39. The molecule has 4 aliphatic rings. The van der Waals surface area contributed by atoms with Crippen LogP contribution in [0.15, 0.2) is 18.2 Å². The second-order valence-electron chi connectivity index (χ2n) is 13.0. The molecule has 1 aromatic carbocycles. The summed E-state index contributed by atoms with van der Waals surface area (Å²) in [6.45, 7) is 5.52. The maximum atomic E-state index is 13.7. The molecule has 8 atom stereocenters. The molecule has 4 saturated carbocycles. The van der Waals surface area contributed by atoms with Crippen LogP contribution in [0.5, 0.6) is 0 Å². The van der Waals surface area contributed by atoms with E-state index >= 15 is 0 Å². The molecular formula is C29H40ClN3O3. The second kappa shape index (κ2) is 8.78. The molecule has 0 saturated heterocycles. The molecule has 196 valence electrons. The van der Waals surface area contributed by atoms with Gasteiger partial charge in [-0.25, -0.2) is 4.68 Å². The summed E-state index contributed by atoms with van der Waals surface area (Å²) in [5.74, 6) is 2.81. The van der Waals surface area contributed by atoms with Crippen LogP contribution >= 0.6 is 11.6 Å². The number of rotatable bonds is 5. The van der Waals surface area contributed by atoms with Gasteiger partial charge in [0.2, 0.25) is 0 Å². The van der Waals surface area contributed by atoms with E-state index in [2.05, 4.69) is 17.2 Å². The molecule has 2 aromatic rings. The number of benzene rings is 1. The topological polar surface area (TPSA) is 77.2 Å². The highest BCUT2D eigenvalue weighted by atomic mass is 35.5. The number of hydrogen-bond donors (Lipinski definition) is 1. The van der Waals surface area contributed by atoms with Crippen LogP contribution in [-0.2, 0) is 16.1 Å². The number of halogens is 1. The van der Waals surface area contributed by atoms with Gasteiger partial charge in [-0.3, -0.25) is 4.79 Å². The van der Waals surface area contributed by atoms with Gasteiger partial charge < -0.3 is 9.84 Å². The third-order valence-electron chi connectivity index (χ3n) is 11.2. The number of fused-ring (bicyclic) bond motifs is 6. The molecule has 36 heavy (non-hydrogen) atoms. The van der Waals surface area contributed by atoms with Crippen LogP contribution in [0.25, 0.3) is 11.0 Å². The van der Waals surface area contributed by atoms with Gasteiger partial charge in [-0.05, 0) is 117 Å². The van der Waals surface area contributed by atoms with E-state index in [1.165, 1.54) is 19.3 Å². The Morgan fingerprint density at radius 2 is 1.97 bits per heavy atom. The predicted molar refractivity (Wildman–Crippen MR) is 140 cm³/mol. The molecule has 1 N–H and O–H groups in total. The molecule has 0 aliphatic heterocycles. The zero-order chi connectivity index (χ0) is 25.3. The molecule has 7 heteroatoms. The Labute approximate surface area is 219 Å². The van der Waals surface area contributed by atoms with E-state index in [-0.39, 0.29) is 23.3 Å². The SMILES string of the molecule is COC[C@]12CC[C@@](C)(O)C[C@H]1CC[C@H]1[C@@H]3CC[C@H](C(=O)Cn4nnc5cc(Cl)ccc54)[C@@]3(C)CC[C@@H]12. The normalized spacial score (nSPS) is 42.1. The predicted octanol–water partition coefficient (Wildman–Crippen LogP) is 5.69. The fraction of sp³-hybridized carbons (Fsp3) is 0.759. The van der Waals surface area contributed by atoms with Crippen molar-refractivity contribution < 1.29 is 14.6 Å². The van der Waals surface area contributed by atoms with Crippen molar-refractivity contribution >= 4 is 28.4 Å². The lowest BCUT2D eigenvalue weighted by Gasteiger charge is -2.62. The number of carbonyl (C=O) groups is 1. The number of aromatic nitrogens is 3. The second-order valence-corrected chi connectivity index (χ2v) is 13.5. The molecule has 4 aliphatic carbocycles. The fourth-order valence-electron chi connectivity index (χ4n) is 9.63. The molecule has 1 heterocycles. The number of ketones is 1. The summed E-state index contributed by atoms with van der Waals surface area (Å²) < 4.78 is 7.65. The van der Waals surface area contributed by atoms with Crippen LogP contribution in [0.1, 0.15) is 71.6 Å². The fourth-order valence-corrected chi connectivity index (χ4v) is 9.80. The maximum absolute atomic E-state index is 13.7. The van der Waals surface area contributed by atoms with Crippen molar-refractivity contribution in [3.63, 3.8) is 0 Å². The van der Waals surface area contributed by atoms with Gasteiger partial charge in [-0.1, -0.05) is 23.7 Å². The molecule has 6 rings (SSSR count). The molecule has 0 bridgehead atoms.